The Kier molecular flexibility index (Phi) is 2.05. The molecule has 1 aromatic rings. The normalized spacial score (nSPS) is 13.3. The van der Waals surface area contributed by atoms with Gasteiger partial charge in [0.05, 0.1) is 0 Å². The molecule has 0 amide bonds. The summed E-state index contributed by atoms with van der Waals surface area (Å²) in [5.74, 6) is 2.02. The molecule has 2 rings (SSSR count). The molecule has 3 heteroatoms. The average molecular weight is 167 g/mol. The van der Waals surface area contributed by atoms with Gasteiger partial charge < -0.3 is 4.81 Å². The lowest BCUT2D eigenvalue weighted by Crippen LogP contribution is -2.22. The van der Waals surface area contributed by atoms with Crippen molar-refractivity contribution in [3.63, 3.8) is 0 Å². The summed E-state index contributed by atoms with van der Waals surface area (Å²) in [5, 5.41) is 8.49. The maximum absolute atomic E-state index is 8.49. The van der Waals surface area contributed by atoms with Gasteiger partial charge in [-0.2, -0.15) is 0 Å². The molecule has 1 aliphatic rings. The first kappa shape index (κ1) is 7.94. The topological polar surface area (TPSA) is 27.0 Å². The Bertz CT molecular complexity index is 379. The van der Waals surface area contributed by atoms with Crippen LogP contribution in [0.5, 0.6) is 0 Å². The molecule has 1 heterocycles. The van der Waals surface area contributed by atoms with Gasteiger partial charge in [-0.1, -0.05) is 24.3 Å². The van der Waals surface area contributed by atoms with Crippen molar-refractivity contribution < 1.29 is 0 Å². The minimum atomic E-state index is 0.792. The molecule has 0 saturated carbocycles. The molecule has 0 unspecified atom stereocenters. The number of nitrogens with zero attached hydrogens (tertiary/aromatic N) is 2. The molecule has 0 fully saturated rings. The quantitative estimate of drug-likeness (QED) is 0.593. The molecule has 0 aromatic heterocycles. The molecular weight excluding hydrogens is 159 g/mol. The third kappa shape index (κ3) is 1.57. The third-order valence-corrected chi connectivity index (χ3v) is 2.08. The van der Waals surface area contributed by atoms with Crippen molar-refractivity contribution in [1.29, 1.82) is 5.26 Å². The standard InChI is InChI=1S/C10H8BN2/c12-8-11-13-6-5-9-3-1-2-4-10(9)7-13/h1-6H,7H2. The summed E-state index contributed by atoms with van der Waals surface area (Å²) in [6.45, 7) is 0.792. The van der Waals surface area contributed by atoms with Gasteiger partial charge in [0.2, 0.25) is 0 Å². The maximum Gasteiger partial charge on any atom is 0.386 e. The molecule has 0 N–H and O–H groups in total. The first-order valence-electron chi connectivity index (χ1n) is 4.15. The number of hydrogen-bond donors (Lipinski definition) is 0. The summed E-state index contributed by atoms with van der Waals surface area (Å²) in [7, 11) is 1.52. The highest BCUT2D eigenvalue weighted by Gasteiger charge is 2.09. The van der Waals surface area contributed by atoms with Gasteiger partial charge in [0.25, 0.3) is 0 Å². The van der Waals surface area contributed by atoms with Gasteiger partial charge in [-0.3, -0.25) is 0 Å². The zero-order chi connectivity index (χ0) is 9.10. The molecule has 1 aromatic carbocycles. The lowest BCUT2D eigenvalue weighted by atomic mass is 9.91. The predicted molar refractivity (Wildman–Crippen MR) is 52.4 cm³/mol. The van der Waals surface area contributed by atoms with Gasteiger partial charge in [0, 0.05) is 12.5 Å². The van der Waals surface area contributed by atoms with E-state index in [1.54, 1.807) is 0 Å². The first-order chi connectivity index (χ1) is 6.40. The summed E-state index contributed by atoms with van der Waals surface area (Å²) >= 11 is 0. The van der Waals surface area contributed by atoms with Crippen LogP contribution in [0.15, 0.2) is 30.5 Å². The molecule has 13 heavy (non-hydrogen) atoms. The van der Waals surface area contributed by atoms with Crippen molar-refractivity contribution in [2.24, 2.45) is 0 Å². The van der Waals surface area contributed by atoms with Crippen molar-refractivity contribution >= 4 is 13.5 Å². The van der Waals surface area contributed by atoms with Gasteiger partial charge in [0.15, 0.2) is 0 Å². The van der Waals surface area contributed by atoms with E-state index in [2.05, 4.69) is 12.1 Å². The predicted octanol–water partition coefficient (Wildman–Crippen LogP) is 1.57. The molecular formula is C10H8BN2. The minimum absolute atomic E-state index is 0.792. The Hall–Kier alpha value is -1.69. The summed E-state index contributed by atoms with van der Waals surface area (Å²) in [4.78, 5) is 1.88. The fraction of sp³-hybridized carbons (Fsp3) is 0.100. The second kappa shape index (κ2) is 3.36. The van der Waals surface area contributed by atoms with E-state index in [0.717, 1.165) is 6.54 Å². The Morgan fingerprint density at radius 2 is 2.23 bits per heavy atom. The van der Waals surface area contributed by atoms with Crippen molar-refractivity contribution in [2.75, 3.05) is 0 Å². The monoisotopic (exact) mass is 167 g/mol. The highest BCUT2D eigenvalue weighted by atomic mass is 15.0. The summed E-state index contributed by atoms with van der Waals surface area (Å²) in [5.41, 5.74) is 2.50. The van der Waals surface area contributed by atoms with Gasteiger partial charge in [-0.25, -0.2) is 5.26 Å². The lowest BCUT2D eigenvalue weighted by Gasteiger charge is -2.21. The molecule has 61 valence electrons. The SMILES string of the molecule is N#C[B]N1C=Cc2ccccc2C1. The van der Waals surface area contributed by atoms with Gasteiger partial charge >= 0.3 is 7.41 Å². The Morgan fingerprint density at radius 3 is 3.08 bits per heavy atom. The van der Waals surface area contributed by atoms with Gasteiger partial charge in [0.1, 0.15) is 0 Å². The number of benzene rings is 1. The number of hydrogen-bond acceptors (Lipinski definition) is 2. The van der Waals surface area contributed by atoms with Crippen LogP contribution in [0.2, 0.25) is 0 Å². The Morgan fingerprint density at radius 1 is 1.38 bits per heavy atom. The van der Waals surface area contributed by atoms with E-state index in [9.17, 15) is 0 Å². The van der Waals surface area contributed by atoms with E-state index in [1.807, 2.05) is 35.2 Å². The molecule has 2 nitrogen and oxygen atoms in total. The second-order valence-corrected chi connectivity index (χ2v) is 2.95. The van der Waals surface area contributed by atoms with E-state index < -0.39 is 0 Å². The van der Waals surface area contributed by atoms with E-state index in [-0.39, 0.29) is 0 Å². The molecule has 1 aliphatic heterocycles. The Balaban J connectivity index is 2.25. The molecule has 0 spiro atoms. The third-order valence-electron chi connectivity index (χ3n) is 2.08. The maximum atomic E-state index is 8.49. The van der Waals surface area contributed by atoms with Crippen LogP contribution in [0.1, 0.15) is 11.1 Å². The van der Waals surface area contributed by atoms with Crippen molar-refractivity contribution in [3.05, 3.63) is 41.6 Å². The molecule has 0 atom stereocenters. The number of fused-ring (bicyclic) bond motifs is 1. The summed E-state index contributed by atoms with van der Waals surface area (Å²) < 4.78 is 0. The molecule has 0 aliphatic carbocycles. The highest BCUT2D eigenvalue weighted by Crippen LogP contribution is 2.17. The van der Waals surface area contributed by atoms with E-state index in [4.69, 9.17) is 5.26 Å². The second-order valence-electron chi connectivity index (χ2n) is 2.95. The highest BCUT2D eigenvalue weighted by molar-refractivity contribution is 6.42. The van der Waals surface area contributed by atoms with Crippen LogP contribution < -0.4 is 0 Å². The smallest absolute Gasteiger partial charge is 0.386 e. The van der Waals surface area contributed by atoms with Crippen LogP contribution in [0.3, 0.4) is 0 Å². The van der Waals surface area contributed by atoms with Crippen LogP contribution in [0.4, 0.5) is 0 Å². The van der Waals surface area contributed by atoms with Crippen LogP contribution >= 0.6 is 0 Å². The average Bonchev–Trinajstić information content (AvgIpc) is 2.18. The number of nitriles is 1. The summed E-state index contributed by atoms with van der Waals surface area (Å²) in [6, 6.07) is 8.20. The fourth-order valence-corrected chi connectivity index (χ4v) is 1.43. The van der Waals surface area contributed by atoms with E-state index in [1.165, 1.54) is 18.5 Å². The van der Waals surface area contributed by atoms with Crippen LogP contribution in [-0.2, 0) is 6.54 Å². The van der Waals surface area contributed by atoms with Crippen LogP contribution in [0.25, 0.3) is 6.08 Å². The van der Waals surface area contributed by atoms with Gasteiger partial charge in [-0.15, -0.1) is 0 Å². The summed E-state index contributed by atoms with van der Waals surface area (Å²) in [6.07, 6.45) is 3.94. The molecule has 1 radical (unpaired) electrons. The molecule has 0 saturated heterocycles. The first-order valence-corrected chi connectivity index (χ1v) is 4.15. The van der Waals surface area contributed by atoms with Gasteiger partial charge in [-0.05, 0) is 23.4 Å². The molecule has 0 bridgehead atoms. The van der Waals surface area contributed by atoms with Crippen molar-refractivity contribution in [3.8, 4) is 5.97 Å². The van der Waals surface area contributed by atoms with E-state index in [0.29, 0.717) is 0 Å². The lowest BCUT2D eigenvalue weighted by molar-refractivity contribution is 0.585. The largest absolute Gasteiger partial charge is 0.407 e. The number of rotatable bonds is 1. The van der Waals surface area contributed by atoms with Crippen molar-refractivity contribution in [1.82, 2.24) is 4.81 Å². The minimum Gasteiger partial charge on any atom is -0.407 e. The van der Waals surface area contributed by atoms with Crippen molar-refractivity contribution in [2.45, 2.75) is 6.54 Å². The van der Waals surface area contributed by atoms with E-state index >= 15 is 0 Å². The zero-order valence-corrected chi connectivity index (χ0v) is 7.14. The fourth-order valence-electron chi connectivity index (χ4n) is 1.43. The van der Waals surface area contributed by atoms with Crippen LogP contribution in [0, 0.1) is 11.2 Å². The van der Waals surface area contributed by atoms with Crippen LogP contribution in [-0.4, -0.2) is 12.2 Å². The zero-order valence-electron chi connectivity index (χ0n) is 7.14. The Labute approximate surface area is 78.4 Å².